The van der Waals surface area contributed by atoms with Gasteiger partial charge < -0.3 is 4.42 Å². The topological polar surface area (TPSA) is 38.9 Å². The van der Waals surface area contributed by atoms with E-state index in [1.165, 1.54) is 6.07 Å². The van der Waals surface area contributed by atoms with E-state index < -0.39 is 5.82 Å². The molecule has 0 amide bonds. The van der Waals surface area contributed by atoms with Gasteiger partial charge in [-0.1, -0.05) is 45.7 Å². The first-order valence-electron chi connectivity index (χ1n) is 6.80. The Labute approximate surface area is 145 Å². The largest absolute Gasteiger partial charge is 0.421 e. The van der Waals surface area contributed by atoms with Crippen molar-refractivity contribution in [2.45, 2.75) is 6.42 Å². The van der Waals surface area contributed by atoms with Gasteiger partial charge in [-0.3, -0.25) is 0 Å². The molecule has 0 N–H and O–H groups in total. The third-order valence-electron chi connectivity index (χ3n) is 3.09. The van der Waals surface area contributed by atoms with Gasteiger partial charge in [-0.15, -0.1) is 10.2 Å². The molecule has 0 fully saturated rings. The van der Waals surface area contributed by atoms with Crippen LogP contribution in [0.3, 0.4) is 0 Å². The fourth-order valence-corrected chi connectivity index (χ4v) is 2.63. The molecule has 3 nitrogen and oxygen atoms in total. The second-order valence-electron chi connectivity index (χ2n) is 4.84. The number of aromatic nitrogens is 2. The Bertz CT molecular complexity index is 863. The van der Waals surface area contributed by atoms with Crippen LogP contribution in [0, 0.1) is 5.82 Å². The van der Waals surface area contributed by atoms with Crippen LogP contribution in [-0.2, 0) is 6.42 Å². The van der Waals surface area contributed by atoms with Gasteiger partial charge in [0.2, 0.25) is 11.8 Å². The molecule has 0 aliphatic rings. The molecule has 116 valence electrons. The van der Waals surface area contributed by atoms with Crippen LogP contribution in [0.5, 0.6) is 0 Å². The maximum absolute atomic E-state index is 13.7. The lowest BCUT2D eigenvalue weighted by Crippen LogP contribution is -1.87. The molecule has 0 aliphatic heterocycles. The van der Waals surface area contributed by atoms with E-state index in [4.69, 9.17) is 16.0 Å². The summed E-state index contributed by atoms with van der Waals surface area (Å²) >= 11 is 9.14. The molecule has 0 saturated carbocycles. The summed E-state index contributed by atoms with van der Waals surface area (Å²) < 4.78 is 20.2. The molecule has 2 aromatic carbocycles. The third-order valence-corrected chi connectivity index (χ3v) is 3.82. The number of hydrogen-bond acceptors (Lipinski definition) is 3. The zero-order valence-corrected chi connectivity index (χ0v) is 14.2. The van der Waals surface area contributed by atoms with Gasteiger partial charge >= 0.3 is 0 Å². The minimum atomic E-state index is -0.400. The summed E-state index contributed by atoms with van der Waals surface area (Å²) in [6.45, 7) is 0. The molecule has 0 atom stereocenters. The van der Waals surface area contributed by atoms with E-state index in [0.29, 0.717) is 28.8 Å². The Morgan fingerprint density at radius 2 is 2.00 bits per heavy atom. The van der Waals surface area contributed by atoms with E-state index in [-0.39, 0.29) is 0 Å². The predicted molar refractivity (Wildman–Crippen MR) is 91.6 cm³/mol. The monoisotopic (exact) mass is 392 g/mol. The maximum atomic E-state index is 13.7. The molecule has 1 aromatic heterocycles. The van der Waals surface area contributed by atoms with Gasteiger partial charge in [-0.25, -0.2) is 4.39 Å². The second-order valence-corrected chi connectivity index (χ2v) is 6.19. The van der Waals surface area contributed by atoms with Gasteiger partial charge in [0, 0.05) is 21.1 Å². The lowest BCUT2D eigenvalue weighted by atomic mass is 10.1. The van der Waals surface area contributed by atoms with Gasteiger partial charge in [-0.2, -0.15) is 0 Å². The Hall–Kier alpha value is -1.98. The number of rotatable bonds is 4. The molecule has 3 rings (SSSR count). The van der Waals surface area contributed by atoms with Gasteiger partial charge in [0.15, 0.2) is 0 Å². The summed E-state index contributed by atoms with van der Waals surface area (Å²) in [5, 5.41) is 8.28. The summed E-state index contributed by atoms with van der Waals surface area (Å²) in [6.07, 6.45) is 3.68. The van der Waals surface area contributed by atoms with Gasteiger partial charge in [0.1, 0.15) is 5.82 Å². The maximum Gasteiger partial charge on any atom is 0.240 e. The Balaban J connectivity index is 1.73. The normalized spacial score (nSPS) is 11.3. The van der Waals surface area contributed by atoms with Crippen LogP contribution < -0.4 is 0 Å². The smallest absolute Gasteiger partial charge is 0.240 e. The molecule has 0 bridgehead atoms. The molecule has 3 aromatic rings. The van der Waals surface area contributed by atoms with Crippen LogP contribution in [-0.4, -0.2) is 10.2 Å². The Morgan fingerprint density at radius 3 is 2.78 bits per heavy atom. The van der Waals surface area contributed by atoms with Crippen LogP contribution >= 0.6 is 27.5 Å². The van der Waals surface area contributed by atoms with Crippen molar-refractivity contribution < 1.29 is 8.81 Å². The Morgan fingerprint density at radius 1 is 1.13 bits per heavy atom. The predicted octanol–water partition coefficient (Wildman–Crippen LogP) is 5.39. The number of benzene rings is 2. The molecular formula is C17H11BrClFN2O. The quantitative estimate of drug-likeness (QED) is 0.597. The van der Waals surface area contributed by atoms with Gasteiger partial charge in [0.05, 0.1) is 6.42 Å². The molecule has 0 aliphatic carbocycles. The highest BCUT2D eigenvalue weighted by Gasteiger charge is 2.06. The van der Waals surface area contributed by atoms with E-state index in [9.17, 15) is 4.39 Å². The zero-order chi connectivity index (χ0) is 16.2. The summed E-state index contributed by atoms with van der Waals surface area (Å²) in [4.78, 5) is 0. The fourth-order valence-electron chi connectivity index (χ4n) is 2.02. The first kappa shape index (κ1) is 15.9. The van der Waals surface area contributed by atoms with Crippen molar-refractivity contribution in [1.29, 1.82) is 0 Å². The number of hydrogen-bond donors (Lipinski definition) is 0. The molecule has 6 heteroatoms. The molecule has 1 heterocycles. The van der Waals surface area contributed by atoms with Crippen LogP contribution in [0.1, 0.15) is 22.9 Å². The molecule has 0 radical (unpaired) electrons. The lowest BCUT2D eigenvalue weighted by Gasteiger charge is -1.97. The molecule has 0 spiro atoms. The highest BCUT2D eigenvalue weighted by molar-refractivity contribution is 9.10. The first-order valence-corrected chi connectivity index (χ1v) is 7.97. The van der Waals surface area contributed by atoms with Crippen LogP contribution in [0.25, 0.3) is 12.2 Å². The molecular weight excluding hydrogens is 383 g/mol. The van der Waals surface area contributed by atoms with Crippen molar-refractivity contribution >= 4 is 39.7 Å². The Kier molecular flexibility index (Phi) is 4.88. The van der Waals surface area contributed by atoms with Crippen molar-refractivity contribution in [3.8, 4) is 0 Å². The van der Waals surface area contributed by atoms with Gasteiger partial charge in [-0.05, 0) is 35.9 Å². The fraction of sp³-hybridized carbons (Fsp3) is 0.0588. The van der Waals surface area contributed by atoms with Crippen molar-refractivity contribution in [2.24, 2.45) is 0 Å². The van der Waals surface area contributed by atoms with Crippen LogP contribution in [0.15, 0.2) is 51.4 Å². The summed E-state index contributed by atoms with van der Waals surface area (Å²) in [5.41, 5.74) is 1.46. The average Bonchev–Trinajstić information content (AvgIpc) is 2.94. The zero-order valence-electron chi connectivity index (χ0n) is 11.8. The van der Waals surface area contributed by atoms with Crippen molar-refractivity contribution in [1.82, 2.24) is 10.2 Å². The first-order chi connectivity index (χ1) is 11.1. The minimum absolute atomic E-state index is 0.323. The van der Waals surface area contributed by atoms with E-state index in [1.807, 2.05) is 24.3 Å². The standard InChI is InChI=1S/C17H11BrClFN2O/c18-13-3-1-2-11(8-13)9-17-22-21-16(23-17)7-5-12-4-6-14(19)10-15(12)20/h1-8,10H,9H2. The van der Waals surface area contributed by atoms with Crippen LogP contribution in [0.2, 0.25) is 5.02 Å². The van der Waals surface area contributed by atoms with E-state index in [0.717, 1.165) is 10.0 Å². The SMILES string of the molecule is Fc1cc(Cl)ccc1C=Cc1nnc(Cc2cccc(Br)c2)o1. The highest BCUT2D eigenvalue weighted by Crippen LogP contribution is 2.18. The highest BCUT2D eigenvalue weighted by atomic mass is 79.9. The average molecular weight is 394 g/mol. The number of nitrogens with zero attached hydrogens (tertiary/aromatic N) is 2. The molecule has 0 saturated heterocycles. The van der Waals surface area contributed by atoms with E-state index in [2.05, 4.69) is 26.1 Å². The van der Waals surface area contributed by atoms with Gasteiger partial charge in [0.25, 0.3) is 0 Å². The summed E-state index contributed by atoms with van der Waals surface area (Å²) in [7, 11) is 0. The second kappa shape index (κ2) is 7.06. The van der Waals surface area contributed by atoms with E-state index in [1.54, 1.807) is 24.3 Å². The van der Waals surface area contributed by atoms with Crippen LogP contribution in [0.4, 0.5) is 4.39 Å². The minimum Gasteiger partial charge on any atom is -0.421 e. The van der Waals surface area contributed by atoms with Crippen molar-refractivity contribution in [3.05, 3.63) is 80.7 Å². The molecule has 0 unspecified atom stereocenters. The van der Waals surface area contributed by atoms with Crippen molar-refractivity contribution in [3.63, 3.8) is 0 Å². The number of halogens is 3. The van der Waals surface area contributed by atoms with Crippen molar-refractivity contribution in [2.75, 3.05) is 0 Å². The third kappa shape index (κ3) is 4.27. The summed E-state index contributed by atoms with van der Waals surface area (Å²) in [5.74, 6) is 0.422. The summed E-state index contributed by atoms with van der Waals surface area (Å²) in [6, 6.07) is 12.3. The lowest BCUT2D eigenvalue weighted by molar-refractivity contribution is 0.496. The van der Waals surface area contributed by atoms with E-state index >= 15 is 0 Å². The molecule has 23 heavy (non-hydrogen) atoms.